The molecule has 5 fully saturated rings. The molecule has 2 aromatic heterocycles. The molecule has 0 aromatic carbocycles. The summed E-state index contributed by atoms with van der Waals surface area (Å²) in [5.41, 5.74) is 2.41. The lowest BCUT2D eigenvalue weighted by Crippen LogP contribution is -2.61. The Morgan fingerprint density at radius 1 is 0.743 bits per heavy atom. The smallest absolute Gasteiger partial charge is 0.329 e. The van der Waals surface area contributed by atoms with Crippen molar-refractivity contribution in [1.29, 1.82) is 0 Å². The van der Waals surface area contributed by atoms with Gasteiger partial charge in [0, 0.05) is 155 Å². The number of aryl methyl sites for hydroxylation is 1. The molecular weight excluding hydrogens is 1350 g/mol. The van der Waals surface area contributed by atoms with E-state index in [4.69, 9.17) is 33.2 Å². The first-order valence-electron chi connectivity index (χ1n) is 38.0. The first-order chi connectivity index (χ1) is 50.3. The van der Waals surface area contributed by atoms with Crippen molar-refractivity contribution >= 4 is 58.9 Å². The fourth-order valence-electron chi connectivity index (χ4n) is 15.2. The highest BCUT2D eigenvalue weighted by Gasteiger charge is 2.53. The van der Waals surface area contributed by atoms with Crippen LogP contribution in [0.25, 0.3) is 0 Å². The molecule has 15 atom stereocenters. The number of amides is 3. The molecule has 27 heteroatoms. The lowest BCUT2D eigenvalue weighted by atomic mass is 9.78. The predicted molar refractivity (Wildman–Crippen MR) is 392 cm³/mol. The quantitative estimate of drug-likeness (QED) is 0.0546. The number of aromatic nitrogens is 4. The number of aliphatic hydroxyl groups is 2. The van der Waals surface area contributed by atoms with Crippen LogP contribution in [0, 0.1) is 35.5 Å². The number of hydrogen-bond acceptors (Lipinski definition) is 24. The number of esters is 2. The maximum absolute atomic E-state index is 14.8. The fourth-order valence-corrected chi connectivity index (χ4v) is 15.2. The summed E-state index contributed by atoms with van der Waals surface area (Å²) >= 11 is 0. The van der Waals surface area contributed by atoms with Crippen LogP contribution in [0.15, 0.2) is 72.4 Å². The van der Waals surface area contributed by atoms with Crippen LogP contribution in [0.4, 0.5) is 11.9 Å². The van der Waals surface area contributed by atoms with Gasteiger partial charge in [-0.1, -0.05) is 71.1 Å². The van der Waals surface area contributed by atoms with Gasteiger partial charge in [0.15, 0.2) is 5.78 Å². The van der Waals surface area contributed by atoms with Gasteiger partial charge in [-0.3, -0.25) is 38.5 Å². The van der Waals surface area contributed by atoms with Crippen LogP contribution in [-0.2, 0) is 73.1 Å². The number of carbonyl (C=O) groups excluding carboxylic acids is 8. The van der Waals surface area contributed by atoms with E-state index in [1.807, 2.05) is 67.9 Å². The number of anilines is 2. The van der Waals surface area contributed by atoms with Crippen molar-refractivity contribution in [3.63, 3.8) is 0 Å². The van der Waals surface area contributed by atoms with Gasteiger partial charge in [0.25, 0.3) is 17.6 Å². The van der Waals surface area contributed by atoms with Crippen molar-refractivity contribution < 1.29 is 81.7 Å². The Hall–Kier alpha value is -7.24. The normalized spacial score (nSPS) is 31.3. The highest BCUT2D eigenvalue weighted by Crippen LogP contribution is 2.39. The molecule has 7 heterocycles. The minimum absolute atomic E-state index is 0.0158. The van der Waals surface area contributed by atoms with Crippen LogP contribution in [0.1, 0.15) is 161 Å². The molecule has 0 unspecified atom stereocenters. The summed E-state index contributed by atoms with van der Waals surface area (Å²) in [6.45, 7) is 22.0. The van der Waals surface area contributed by atoms with Crippen molar-refractivity contribution in [3.05, 3.63) is 83.5 Å². The molecule has 2 aromatic rings. The van der Waals surface area contributed by atoms with E-state index >= 15 is 0 Å². The second-order valence-electron chi connectivity index (χ2n) is 29.6. The number of hydrogen-bond donors (Lipinski definition) is 3. The average Bonchev–Trinajstić information content (AvgIpc) is 0.773. The molecule has 0 spiro atoms. The first kappa shape index (κ1) is 83.4. The summed E-state index contributed by atoms with van der Waals surface area (Å²) in [5.74, 6) is -8.02. The molecule has 4 saturated heterocycles. The standard InChI is InChI=1S/C78H116N10O17/c1-12-79-73(95)59-48-82-77(83-49-59)86-31-29-84(30-32-86)37-39-102-38-27-67(90)85-33-35-87(36-34-85)76-80-46-58(47-81-76)23-26-68(91)103-63-25-22-57(43-66(63)100-10)42-53(5)65-45-62(89)52(4)41-55(7)70(93)71(101-11)69(92)54(6)40-50(2)18-14-13-15-19-51(3)64(99-9)44-60-24-21-56(8)78(98,105-60)72(94)74(96)88-28-17-16-20-61(88)75(97)104-65/h13-15,18-19,41,46-50,52-54,56-57,60-61,63-66,70-71,93,98H,12,16-17,20-40,42-45H2,1-11H3,(H,79,95)/b15-13+,18-14+,51-19+,55-41+/t50-,52-,53-,54-,56-,57+,60+,61+,63-,64+,65+,66-,70-,71+,78-/m1/s1. The SMILES string of the molecule is CCNC(=O)c1cnc(N2CCN(CCOCCC(=O)N3CCN(c4ncc(CCC(=O)O[C@@H]5CC[C@@H](C[C@@H](C)[C@@H]6CC(=O)[C@H](C)/C=C(\C)[C@@H](O)[C@@H](OC)C(=O)[C@H](C)C[C@H](C)/C=C/C=C/C=C(\C)[C@@H](OC)C[C@@H]7CC[C@@H](C)[C@@](O)(O7)C(=O)C(=O)N7CCCC[C@H]7C(=O)O6)C[C@H]5OC)cn4)CC3)CC2)nc1. The Morgan fingerprint density at radius 2 is 1.43 bits per heavy atom. The number of allylic oxidation sites excluding steroid dienone is 6. The summed E-state index contributed by atoms with van der Waals surface area (Å²) in [6, 6.07) is -1.21. The maximum Gasteiger partial charge on any atom is 0.329 e. The molecule has 1 saturated carbocycles. The van der Waals surface area contributed by atoms with Crippen molar-refractivity contribution in [3.8, 4) is 0 Å². The maximum atomic E-state index is 14.8. The van der Waals surface area contributed by atoms with E-state index in [1.54, 1.807) is 72.8 Å². The third-order valence-electron chi connectivity index (χ3n) is 21.9. The van der Waals surface area contributed by atoms with Gasteiger partial charge < -0.3 is 68.3 Å². The zero-order chi connectivity index (χ0) is 75.9. The second-order valence-corrected chi connectivity index (χ2v) is 29.6. The van der Waals surface area contributed by atoms with Gasteiger partial charge in [0.2, 0.25) is 23.6 Å². The predicted octanol–water partition coefficient (Wildman–Crippen LogP) is 6.57. The minimum atomic E-state index is -2.48. The van der Waals surface area contributed by atoms with Crippen molar-refractivity contribution in [2.45, 2.75) is 206 Å². The van der Waals surface area contributed by atoms with Gasteiger partial charge in [-0.15, -0.1) is 0 Å². The molecule has 105 heavy (non-hydrogen) atoms. The Balaban J connectivity index is 0.831. The molecule has 5 aliphatic heterocycles. The van der Waals surface area contributed by atoms with E-state index in [1.165, 1.54) is 12.0 Å². The summed E-state index contributed by atoms with van der Waals surface area (Å²) in [7, 11) is 4.52. The second kappa shape index (κ2) is 40.6. The number of methoxy groups -OCH3 is 3. The molecule has 1 aliphatic carbocycles. The molecule has 27 nitrogen and oxygen atoms in total. The molecular formula is C78H116N10O17. The Bertz CT molecular complexity index is 3340. The van der Waals surface area contributed by atoms with E-state index in [0.29, 0.717) is 133 Å². The van der Waals surface area contributed by atoms with Crippen molar-refractivity contribution in [1.82, 2.24) is 40.0 Å². The monoisotopic (exact) mass is 1460 g/mol. The number of rotatable bonds is 20. The topological polar surface area (TPSA) is 321 Å². The molecule has 6 aliphatic rings. The lowest BCUT2D eigenvalue weighted by Gasteiger charge is -2.42. The molecule has 8 rings (SSSR count). The number of nitrogens with zero attached hydrogens (tertiary/aromatic N) is 9. The Morgan fingerprint density at radius 3 is 2.10 bits per heavy atom. The Labute approximate surface area is 619 Å². The molecule has 2 bridgehead atoms. The lowest BCUT2D eigenvalue weighted by molar-refractivity contribution is -0.265. The van der Waals surface area contributed by atoms with Gasteiger partial charge in [-0.2, -0.15) is 0 Å². The summed E-state index contributed by atoms with van der Waals surface area (Å²) in [4.78, 5) is 139. The van der Waals surface area contributed by atoms with Crippen molar-refractivity contribution in [2.75, 3.05) is 116 Å². The van der Waals surface area contributed by atoms with Gasteiger partial charge in [-0.25, -0.2) is 24.7 Å². The number of fused-ring (bicyclic) bond motifs is 3. The number of aliphatic hydroxyl groups excluding tert-OH is 1. The van der Waals surface area contributed by atoms with E-state index in [-0.39, 0.29) is 73.9 Å². The van der Waals surface area contributed by atoms with Gasteiger partial charge in [-0.05, 0) is 126 Å². The summed E-state index contributed by atoms with van der Waals surface area (Å²) in [5, 5.41) is 26.5. The van der Waals surface area contributed by atoms with Crippen LogP contribution in [0.5, 0.6) is 0 Å². The third kappa shape index (κ3) is 23.4. The van der Waals surface area contributed by atoms with Crippen LogP contribution >= 0.6 is 0 Å². The molecule has 3 amide bonds. The van der Waals surface area contributed by atoms with E-state index in [0.717, 1.165) is 43.9 Å². The van der Waals surface area contributed by atoms with E-state index < -0.39 is 102 Å². The van der Waals surface area contributed by atoms with Crippen LogP contribution in [0.2, 0.25) is 0 Å². The number of carbonyl (C=O) groups is 8. The number of piperazine rings is 2. The first-order valence-corrected chi connectivity index (χ1v) is 38.0. The van der Waals surface area contributed by atoms with Gasteiger partial charge in [0.05, 0.1) is 43.5 Å². The number of Topliss-reactive ketones (excluding diaryl/α,β-unsaturated/α-hetero) is 3. The minimum Gasteiger partial charge on any atom is -0.460 e. The van der Waals surface area contributed by atoms with Gasteiger partial charge in [0.1, 0.15) is 36.2 Å². The zero-order valence-corrected chi connectivity index (χ0v) is 63.7. The molecule has 0 radical (unpaired) electrons. The third-order valence-corrected chi connectivity index (χ3v) is 21.9. The number of ketones is 3. The number of ether oxygens (including phenoxy) is 7. The van der Waals surface area contributed by atoms with Crippen LogP contribution < -0.4 is 15.1 Å². The summed E-state index contributed by atoms with van der Waals surface area (Å²) < 4.78 is 42.1. The molecule has 580 valence electrons. The average molecular weight is 1470 g/mol. The highest BCUT2D eigenvalue weighted by atomic mass is 16.6. The van der Waals surface area contributed by atoms with Crippen LogP contribution in [-0.4, -0.2) is 253 Å². The summed E-state index contributed by atoms with van der Waals surface area (Å²) in [6.07, 6.45) is 17.4. The van der Waals surface area contributed by atoms with Crippen LogP contribution in [0.3, 0.4) is 0 Å². The van der Waals surface area contributed by atoms with E-state index in [2.05, 4.69) is 35.1 Å². The fraction of sp³-hybridized carbons (Fsp3) is 0.692. The largest absolute Gasteiger partial charge is 0.460 e. The number of nitrogens with one attached hydrogen (secondary N) is 1. The highest BCUT2D eigenvalue weighted by molar-refractivity contribution is 6.39. The number of cyclic esters (lactones) is 1. The molecule has 3 N–H and O–H groups in total. The zero-order valence-electron chi connectivity index (χ0n) is 63.7. The van der Waals surface area contributed by atoms with E-state index in [9.17, 15) is 48.6 Å². The van der Waals surface area contributed by atoms with Crippen molar-refractivity contribution in [2.24, 2.45) is 35.5 Å². The Kier molecular flexibility index (Phi) is 32.3. The van der Waals surface area contributed by atoms with Gasteiger partial charge >= 0.3 is 11.9 Å². The number of piperidine rings is 1.